The van der Waals surface area contributed by atoms with Crippen LogP contribution in [0.5, 0.6) is 0 Å². The number of ether oxygens (including phenoxy) is 1. The number of aromatic nitrogens is 5. The van der Waals surface area contributed by atoms with Crippen LogP contribution in [-0.4, -0.2) is 61.7 Å². The summed E-state index contributed by atoms with van der Waals surface area (Å²) < 4.78 is 23.2. The molecule has 4 rings (SSSR count). The lowest BCUT2D eigenvalue weighted by Crippen LogP contribution is -2.38. The van der Waals surface area contributed by atoms with Crippen molar-refractivity contribution in [3.63, 3.8) is 0 Å². The molecule has 38 heavy (non-hydrogen) atoms. The minimum Gasteiger partial charge on any atom is -0.390 e. The molecule has 0 bridgehead atoms. The summed E-state index contributed by atoms with van der Waals surface area (Å²) in [5, 5.41) is 18.4. The molecule has 0 radical (unpaired) electrons. The van der Waals surface area contributed by atoms with E-state index < -0.39 is 13.7 Å². The van der Waals surface area contributed by atoms with Gasteiger partial charge in [0.25, 0.3) is 5.91 Å². The molecule has 1 amide bonds. The molecule has 2 N–H and O–H groups in total. The van der Waals surface area contributed by atoms with Crippen molar-refractivity contribution in [2.75, 3.05) is 6.61 Å². The lowest BCUT2D eigenvalue weighted by molar-refractivity contribution is 0.0593. The molecule has 1 aromatic carbocycles. The fourth-order valence-electron chi connectivity index (χ4n) is 4.49. The molecule has 9 nitrogen and oxygen atoms in total. The molecule has 0 aliphatic rings. The van der Waals surface area contributed by atoms with Gasteiger partial charge < -0.3 is 19.7 Å². The topological polar surface area (TPSA) is 107 Å². The van der Waals surface area contributed by atoms with Crippen LogP contribution in [0.2, 0.25) is 25.7 Å². The minimum atomic E-state index is -1.25. The average Bonchev–Trinajstić information content (AvgIpc) is 3.32. The Morgan fingerprint density at radius 1 is 1.29 bits per heavy atom. The average molecular weight is 541 g/mol. The molecule has 1 unspecified atom stereocenters. The third-order valence-electron chi connectivity index (χ3n) is 6.28. The first-order valence-electron chi connectivity index (χ1n) is 12.8. The first-order chi connectivity index (χ1) is 17.7. The zero-order chi connectivity index (χ0) is 27.8. The van der Waals surface area contributed by atoms with E-state index in [0.717, 1.165) is 11.4 Å². The van der Waals surface area contributed by atoms with Gasteiger partial charge in [-0.3, -0.25) is 9.48 Å². The SMILES string of the molecule is CC(CC(C)(C)O)NC(=O)c1cn(COCC[Si](C)(C)C)c2ncc(-c3nn(C)c4cc(F)ccc34)nc12. The van der Waals surface area contributed by atoms with Gasteiger partial charge in [-0.2, -0.15) is 5.10 Å². The molecular formula is C27H37FN6O3Si. The van der Waals surface area contributed by atoms with Crippen LogP contribution in [0.1, 0.15) is 37.6 Å². The van der Waals surface area contributed by atoms with Crippen molar-refractivity contribution < 1.29 is 19.0 Å². The van der Waals surface area contributed by atoms with Crippen molar-refractivity contribution in [3.8, 4) is 11.4 Å². The molecule has 0 aliphatic carbocycles. The highest BCUT2D eigenvalue weighted by Gasteiger charge is 2.24. The van der Waals surface area contributed by atoms with Gasteiger partial charge in [0.15, 0.2) is 5.65 Å². The lowest BCUT2D eigenvalue weighted by atomic mass is 10.00. The van der Waals surface area contributed by atoms with Gasteiger partial charge in [-0.15, -0.1) is 0 Å². The molecule has 0 fully saturated rings. The number of nitrogens with one attached hydrogen (secondary N) is 1. The molecule has 204 valence electrons. The maximum absolute atomic E-state index is 13.8. The fourth-order valence-corrected chi connectivity index (χ4v) is 5.25. The van der Waals surface area contributed by atoms with Crippen molar-refractivity contribution in [2.24, 2.45) is 7.05 Å². The van der Waals surface area contributed by atoms with E-state index >= 15 is 0 Å². The number of aryl methyl sites for hydroxylation is 1. The number of fused-ring (bicyclic) bond motifs is 2. The Bertz CT molecular complexity index is 1470. The molecule has 0 saturated heterocycles. The van der Waals surface area contributed by atoms with Crippen LogP contribution in [-0.2, 0) is 18.5 Å². The van der Waals surface area contributed by atoms with Crippen molar-refractivity contribution in [2.45, 2.75) is 71.3 Å². The van der Waals surface area contributed by atoms with E-state index in [1.807, 2.05) is 6.92 Å². The number of amides is 1. The molecule has 3 heterocycles. The monoisotopic (exact) mass is 540 g/mol. The van der Waals surface area contributed by atoms with Gasteiger partial charge >= 0.3 is 0 Å². The van der Waals surface area contributed by atoms with Crippen LogP contribution >= 0.6 is 0 Å². The predicted octanol–water partition coefficient (Wildman–Crippen LogP) is 4.72. The summed E-state index contributed by atoms with van der Waals surface area (Å²) >= 11 is 0. The van der Waals surface area contributed by atoms with Gasteiger partial charge in [-0.1, -0.05) is 19.6 Å². The largest absolute Gasteiger partial charge is 0.390 e. The number of halogens is 1. The number of carbonyl (C=O) groups excluding carboxylic acids is 1. The van der Waals surface area contributed by atoms with Crippen molar-refractivity contribution in [1.29, 1.82) is 0 Å². The normalized spacial score (nSPS) is 13.4. The smallest absolute Gasteiger partial charge is 0.255 e. The predicted molar refractivity (Wildman–Crippen MR) is 149 cm³/mol. The number of hydrogen-bond acceptors (Lipinski definition) is 6. The second-order valence-corrected chi connectivity index (χ2v) is 17.4. The van der Waals surface area contributed by atoms with Gasteiger partial charge in [0.05, 0.1) is 22.9 Å². The van der Waals surface area contributed by atoms with E-state index in [4.69, 9.17) is 9.72 Å². The molecular weight excluding hydrogens is 503 g/mol. The van der Waals surface area contributed by atoms with Crippen LogP contribution in [0.4, 0.5) is 4.39 Å². The van der Waals surface area contributed by atoms with Crippen LogP contribution in [0.25, 0.3) is 33.5 Å². The van der Waals surface area contributed by atoms with Gasteiger partial charge in [0.1, 0.15) is 29.5 Å². The van der Waals surface area contributed by atoms with Gasteiger partial charge in [-0.05, 0) is 51.4 Å². The molecule has 0 spiro atoms. The first-order valence-corrected chi connectivity index (χ1v) is 16.5. The van der Waals surface area contributed by atoms with E-state index in [9.17, 15) is 14.3 Å². The zero-order valence-corrected chi connectivity index (χ0v) is 24.2. The Morgan fingerprint density at radius 2 is 2.03 bits per heavy atom. The van der Waals surface area contributed by atoms with Crippen LogP contribution in [0, 0.1) is 5.82 Å². The summed E-state index contributed by atoms with van der Waals surface area (Å²) in [7, 11) is 0.496. The van der Waals surface area contributed by atoms with Crippen molar-refractivity contribution >= 4 is 36.0 Å². The number of carbonyl (C=O) groups is 1. The Balaban J connectivity index is 1.72. The summed E-state index contributed by atoms with van der Waals surface area (Å²) in [5.74, 6) is -0.661. The maximum atomic E-state index is 13.8. The fraction of sp³-hybridized carbons (Fsp3) is 0.481. The molecule has 3 aromatic heterocycles. The summed E-state index contributed by atoms with van der Waals surface area (Å²) in [6, 6.07) is 5.24. The highest BCUT2D eigenvalue weighted by molar-refractivity contribution is 6.76. The van der Waals surface area contributed by atoms with Crippen LogP contribution < -0.4 is 5.32 Å². The number of hydrogen-bond donors (Lipinski definition) is 2. The Kier molecular flexibility index (Phi) is 7.73. The van der Waals surface area contributed by atoms with Gasteiger partial charge in [-0.25, -0.2) is 14.4 Å². The van der Waals surface area contributed by atoms with Gasteiger partial charge in [0, 0.05) is 39.4 Å². The third-order valence-corrected chi connectivity index (χ3v) is 7.98. The zero-order valence-electron chi connectivity index (χ0n) is 23.2. The highest BCUT2D eigenvalue weighted by Crippen LogP contribution is 2.29. The number of rotatable bonds is 10. The Hall–Kier alpha value is -3.15. The highest BCUT2D eigenvalue weighted by atomic mass is 28.3. The van der Waals surface area contributed by atoms with E-state index in [0.29, 0.717) is 46.7 Å². The quantitative estimate of drug-likeness (QED) is 0.223. The van der Waals surface area contributed by atoms with Crippen LogP contribution in [0.15, 0.2) is 30.6 Å². The van der Waals surface area contributed by atoms with E-state index in [1.165, 1.54) is 12.1 Å². The van der Waals surface area contributed by atoms with E-state index in [-0.39, 0.29) is 24.5 Å². The van der Waals surface area contributed by atoms with Crippen molar-refractivity contribution in [1.82, 2.24) is 29.6 Å². The number of nitrogens with zero attached hydrogens (tertiary/aromatic N) is 5. The van der Waals surface area contributed by atoms with E-state index in [2.05, 4.69) is 35.0 Å². The minimum absolute atomic E-state index is 0.243. The van der Waals surface area contributed by atoms with Crippen LogP contribution in [0.3, 0.4) is 0 Å². The lowest BCUT2D eigenvalue weighted by Gasteiger charge is -2.22. The third kappa shape index (κ3) is 6.45. The second kappa shape index (κ2) is 10.5. The summed E-state index contributed by atoms with van der Waals surface area (Å²) in [4.78, 5) is 22.8. The molecule has 4 aromatic rings. The summed E-state index contributed by atoms with van der Waals surface area (Å²) in [6.45, 7) is 13.0. The first kappa shape index (κ1) is 27.9. The Morgan fingerprint density at radius 3 is 2.71 bits per heavy atom. The van der Waals surface area contributed by atoms with Crippen molar-refractivity contribution in [3.05, 3.63) is 42.0 Å². The summed E-state index contributed by atoms with van der Waals surface area (Å²) in [6.07, 6.45) is 3.72. The standard InChI is InChI=1S/C27H37FN6O3Si/c1-17(13-27(2,3)36)30-26(35)20-15-34(16-37-10-11-38(5,6)7)25-24(20)31-21(14-29-25)23-19-9-8-18(28)12-22(19)33(4)32-23/h8-9,12,14-15,17,36H,10-11,13,16H2,1-7H3,(H,30,35). The maximum Gasteiger partial charge on any atom is 0.255 e. The molecule has 11 heteroatoms. The van der Waals surface area contributed by atoms with Gasteiger partial charge in [0.2, 0.25) is 0 Å². The second-order valence-electron chi connectivity index (χ2n) is 11.8. The number of benzene rings is 1. The molecule has 1 atom stereocenters. The van der Waals surface area contributed by atoms with E-state index in [1.54, 1.807) is 48.6 Å². The Labute approximate surface area is 223 Å². The number of aliphatic hydroxyl groups is 1. The summed E-state index contributed by atoms with van der Waals surface area (Å²) in [5.41, 5.74) is 2.05. The molecule has 0 aliphatic heterocycles. The molecule has 0 saturated carbocycles.